The second-order valence-electron chi connectivity index (χ2n) is 8.51. The van der Waals surface area contributed by atoms with Crippen molar-refractivity contribution < 1.29 is 14.3 Å². The van der Waals surface area contributed by atoms with Gasteiger partial charge in [-0.3, -0.25) is 9.59 Å². The average molecular weight is 455 g/mol. The second-order valence-corrected chi connectivity index (χ2v) is 9.50. The molecule has 172 valence electrons. The molecule has 2 amide bonds. The second kappa shape index (κ2) is 12.0. The number of benzene rings is 2. The molecule has 1 aliphatic rings. The molecule has 1 N–H and O–H groups in total. The van der Waals surface area contributed by atoms with E-state index in [0.717, 1.165) is 42.7 Å². The molecule has 1 aliphatic carbocycles. The van der Waals surface area contributed by atoms with Crippen LogP contribution in [0.4, 0.5) is 0 Å². The minimum Gasteiger partial charge on any atom is -0.497 e. The Labute approximate surface area is 195 Å². The van der Waals surface area contributed by atoms with Crippen LogP contribution in [0.1, 0.15) is 49.3 Å². The monoisotopic (exact) mass is 454 g/mol. The number of carbonyl (C=O) groups excluding carboxylic acids is 2. The summed E-state index contributed by atoms with van der Waals surface area (Å²) in [5.74, 6) is 1.79. The highest BCUT2D eigenvalue weighted by Crippen LogP contribution is 2.20. The van der Waals surface area contributed by atoms with Gasteiger partial charge in [-0.15, -0.1) is 11.8 Å². The fourth-order valence-corrected chi connectivity index (χ4v) is 4.80. The summed E-state index contributed by atoms with van der Waals surface area (Å²) in [7, 11) is 1.63. The summed E-state index contributed by atoms with van der Waals surface area (Å²) in [5.41, 5.74) is 3.40. The zero-order valence-corrected chi connectivity index (χ0v) is 20.1. The Morgan fingerprint density at radius 2 is 1.69 bits per heavy atom. The molecule has 0 bridgehead atoms. The molecule has 0 aromatic heterocycles. The minimum atomic E-state index is -0.523. The highest BCUT2D eigenvalue weighted by molar-refractivity contribution is 7.99. The van der Waals surface area contributed by atoms with Crippen LogP contribution < -0.4 is 10.1 Å². The maximum absolute atomic E-state index is 13.2. The molecule has 1 atom stereocenters. The van der Waals surface area contributed by atoms with Crippen molar-refractivity contribution >= 4 is 23.6 Å². The fourth-order valence-electron chi connectivity index (χ4n) is 3.93. The van der Waals surface area contributed by atoms with Crippen molar-refractivity contribution in [3.05, 3.63) is 65.2 Å². The predicted molar refractivity (Wildman–Crippen MR) is 131 cm³/mol. The molecule has 0 radical (unpaired) electrons. The molecule has 5 nitrogen and oxygen atoms in total. The van der Waals surface area contributed by atoms with Gasteiger partial charge in [0.2, 0.25) is 11.8 Å². The van der Waals surface area contributed by atoms with E-state index in [1.165, 1.54) is 11.1 Å². The maximum atomic E-state index is 13.2. The number of carbonyl (C=O) groups is 2. The summed E-state index contributed by atoms with van der Waals surface area (Å²) in [6.07, 6.45) is 4.36. The van der Waals surface area contributed by atoms with Gasteiger partial charge in [0.25, 0.3) is 0 Å². The SMILES string of the molecule is COc1ccc(CN(C(=O)CSCc2ccc(C)cc2)[C@H](C)C(=O)NC2CCCC2)cc1. The summed E-state index contributed by atoms with van der Waals surface area (Å²) in [5, 5.41) is 3.15. The average Bonchev–Trinajstić information content (AvgIpc) is 3.31. The van der Waals surface area contributed by atoms with Gasteiger partial charge in [-0.1, -0.05) is 54.8 Å². The number of nitrogens with zero attached hydrogens (tertiary/aromatic N) is 1. The summed E-state index contributed by atoms with van der Waals surface area (Å²) in [6, 6.07) is 15.7. The molecule has 0 aliphatic heterocycles. The number of nitrogens with one attached hydrogen (secondary N) is 1. The third-order valence-corrected chi connectivity index (χ3v) is 6.98. The van der Waals surface area contributed by atoms with Crippen LogP contribution in [0.3, 0.4) is 0 Å². The van der Waals surface area contributed by atoms with E-state index in [-0.39, 0.29) is 17.9 Å². The van der Waals surface area contributed by atoms with E-state index in [9.17, 15) is 9.59 Å². The summed E-state index contributed by atoms with van der Waals surface area (Å²) in [4.78, 5) is 27.8. The minimum absolute atomic E-state index is 0.0213. The molecule has 0 unspecified atom stereocenters. The van der Waals surface area contributed by atoms with Crippen LogP contribution in [-0.4, -0.2) is 41.7 Å². The molecule has 0 heterocycles. The maximum Gasteiger partial charge on any atom is 0.242 e. The van der Waals surface area contributed by atoms with Crippen LogP contribution in [0.25, 0.3) is 0 Å². The Bertz CT molecular complexity index is 877. The molecule has 32 heavy (non-hydrogen) atoms. The van der Waals surface area contributed by atoms with Gasteiger partial charge in [0.05, 0.1) is 12.9 Å². The number of rotatable bonds is 10. The van der Waals surface area contributed by atoms with E-state index < -0.39 is 6.04 Å². The molecule has 6 heteroatoms. The van der Waals surface area contributed by atoms with E-state index in [1.807, 2.05) is 31.2 Å². The molecule has 0 saturated heterocycles. The predicted octanol–water partition coefficient (Wildman–Crippen LogP) is 4.71. The molecule has 2 aromatic rings. The van der Waals surface area contributed by atoms with E-state index in [2.05, 4.69) is 36.5 Å². The first kappa shape index (κ1) is 24.2. The number of methoxy groups -OCH3 is 1. The Morgan fingerprint density at radius 3 is 2.31 bits per heavy atom. The Hall–Kier alpha value is -2.47. The van der Waals surface area contributed by atoms with Crippen LogP contribution >= 0.6 is 11.8 Å². The van der Waals surface area contributed by atoms with Crippen LogP contribution in [0.5, 0.6) is 5.75 Å². The molecule has 1 saturated carbocycles. The Morgan fingerprint density at radius 1 is 1.06 bits per heavy atom. The van der Waals surface area contributed by atoms with Gasteiger partial charge < -0.3 is 15.0 Å². The summed E-state index contributed by atoms with van der Waals surface area (Å²) < 4.78 is 5.24. The first-order valence-electron chi connectivity index (χ1n) is 11.3. The normalized spacial score (nSPS) is 14.7. The smallest absolute Gasteiger partial charge is 0.242 e. The van der Waals surface area contributed by atoms with E-state index in [1.54, 1.807) is 23.8 Å². The van der Waals surface area contributed by atoms with Crippen molar-refractivity contribution in [2.45, 2.75) is 63.9 Å². The van der Waals surface area contributed by atoms with Gasteiger partial charge >= 0.3 is 0 Å². The highest BCUT2D eigenvalue weighted by Gasteiger charge is 2.28. The first-order chi connectivity index (χ1) is 15.5. The van der Waals surface area contributed by atoms with E-state index in [0.29, 0.717) is 12.3 Å². The van der Waals surface area contributed by atoms with E-state index >= 15 is 0 Å². The molecule has 1 fully saturated rings. The number of ether oxygens (including phenoxy) is 1. The lowest BCUT2D eigenvalue weighted by Crippen LogP contribution is -2.50. The number of hydrogen-bond acceptors (Lipinski definition) is 4. The zero-order chi connectivity index (χ0) is 22.9. The molecular weight excluding hydrogens is 420 g/mol. The molecule has 3 rings (SSSR count). The standard InChI is InChI=1S/C26H34N2O3S/c1-19-8-10-22(11-9-19)17-32-18-25(29)28(16-21-12-14-24(31-3)15-13-21)20(2)26(30)27-23-6-4-5-7-23/h8-15,20,23H,4-7,16-18H2,1-3H3,(H,27,30)/t20-/m1/s1. The van der Waals surface area contributed by atoms with Crippen molar-refractivity contribution in [3.63, 3.8) is 0 Å². The largest absolute Gasteiger partial charge is 0.497 e. The third kappa shape index (κ3) is 7.02. The summed E-state index contributed by atoms with van der Waals surface area (Å²) >= 11 is 1.58. The van der Waals surface area contributed by atoms with Crippen LogP contribution in [0, 0.1) is 6.92 Å². The lowest BCUT2D eigenvalue weighted by atomic mass is 10.1. The van der Waals surface area contributed by atoms with Crippen LogP contribution in [-0.2, 0) is 21.9 Å². The zero-order valence-electron chi connectivity index (χ0n) is 19.3. The van der Waals surface area contributed by atoms with Crippen molar-refractivity contribution in [2.75, 3.05) is 12.9 Å². The highest BCUT2D eigenvalue weighted by atomic mass is 32.2. The fraction of sp³-hybridized carbons (Fsp3) is 0.462. The van der Waals surface area contributed by atoms with Gasteiger partial charge in [0.15, 0.2) is 0 Å². The first-order valence-corrected chi connectivity index (χ1v) is 12.5. The quantitative estimate of drug-likeness (QED) is 0.565. The van der Waals surface area contributed by atoms with Gasteiger partial charge in [0.1, 0.15) is 11.8 Å². The van der Waals surface area contributed by atoms with Crippen LogP contribution in [0.2, 0.25) is 0 Å². The number of aryl methyl sites for hydroxylation is 1. The van der Waals surface area contributed by atoms with Gasteiger partial charge in [-0.25, -0.2) is 0 Å². The van der Waals surface area contributed by atoms with Crippen molar-refractivity contribution in [1.82, 2.24) is 10.2 Å². The topological polar surface area (TPSA) is 58.6 Å². The van der Waals surface area contributed by atoms with Crippen molar-refractivity contribution in [1.29, 1.82) is 0 Å². The van der Waals surface area contributed by atoms with Gasteiger partial charge in [-0.2, -0.15) is 0 Å². The Kier molecular flexibility index (Phi) is 9.03. The number of amides is 2. The van der Waals surface area contributed by atoms with E-state index in [4.69, 9.17) is 4.74 Å². The van der Waals surface area contributed by atoms with Crippen molar-refractivity contribution in [2.24, 2.45) is 0 Å². The molecule has 2 aromatic carbocycles. The molecular formula is C26H34N2O3S. The number of thioether (sulfide) groups is 1. The van der Waals surface area contributed by atoms with Crippen molar-refractivity contribution in [3.8, 4) is 5.75 Å². The van der Waals surface area contributed by atoms with Gasteiger partial charge in [0, 0.05) is 18.3 Å². The summed E-state index contributed by atoms with van der Waals surface area (Å²) in [6.45, 7) is 4.29. The lowest BCUT2D eigenvalue weighted by Gasteiger charge is -2.29. The number of hydrogen-bond donors (Lipinski definition) is 1. The van der Waals surface area contributed by atoms with Crippen LogP contribution in [0.15, 0.2) is 48.5 Å². The van der Waals surface area contributed by atoms with Gasteiger partial charge in [-0.05, 0) is 49.9 Å². The molecule has 0 spiro atoms. The lowest BCUT2D eigenvalue weighted by molar-refractivity contribution is -0.138. The Balaban J connectivity index is 1.65. The third-order valence-electron chi connectivity index (χ3n) is 6.00.